The minimum absolute atomic E-state index is 0.0449. The maximum absolute atomic E-state index is 5.00. The molecule has 0 fully saturated rings. The topological polar surface area (TPSA) is 32.3 Å². The predicted octanol–water partition coefficient (Wildman–Crippen LogP) is 9.09. The Morgan fingerprint density at radius 2 is 1.36 bits per heavy atom. The third-order valence-corrected chi connectivity index (χ3v) is 9.98. The molecule has 0 saturated heterocycles. The molecule has 1 aromatic heterocycles. The largest absolute Gasteiger partial charge is 0.301 e. The lowest BCUT2D eigenvalue weighted by Gasteiger charge is -2.58. The fourth-order valence-corrected chi connectivity index (χ4v) is 7.56. The molecule has 0 amide bonds. The molecule has 4 nitrogen and oxygen atoms in total. The maximum atomic E-state index is 5.00. The Labute approximate surface area is 233 Å². The second-order valence-electron chi connectivity index (χ2n) is 12.1. The van der Waals surface area contributed by atoms with Gasteiger partial charge in [0.15, 0.2) is 11.6 Å². The minimum Gasteiger partial charge on any atom is -0.301 e. The van der Waals surface area contributed by atoms with Crippen LogP contribution in [0.4, 0.5) is 23.0 Å². The molecule has 0 spiro atoms. The first-order chi connectivity index (χ1) is 18.6. The minimum atomic E-state index is -0.0745. The molecule has 0 radical (unpaired) electrons. The highest BCUT2D eigenvalue weighted by atomic mass is 15.5. The van der Waals surface area contributed by atoms with Gasteiger partial charge < -0.3 is 9.80 Å². The van der Waals surface area contributed by atoms with Crippen molar-refractivity contribution in [3.63, 3.8) is 0 Å². The van der Waals surface area contributed by atoms with E-state index < -0.39 is 0 Å². The second-order valence-corrected chi connectivity index (χ2v) is 12.1. The Kier molecular flexibility index (Phi) is 5.87. The lowest BCUT2D eigenvalue weighted by Crippen LogP contribution is -2.62. The first-order valence-electron chi connectivity index (χ1n) is 14.3. The van der Waals surface area contributed by atoms with E-state index in [1.807, 2.05) is 12.4 Å². The fraction of sp³-hybridized carbons (Fsp3) is 0.371. The summed E-state index contributed by atoms with van der Waals surface area (Å²) >= 11 is 0. The lowest BCUT2D eigenvalue weighted by molar-refractivity contribution is 0.0963. The molecule has 3 heterocycles. The Balaban J connectivity index is 1.68. The zero-order valence-electron chi connectivity index (χ0n) is 24.6. The SMILES string of the molecule is CCC1(C)c2ccc(-c3c(C)cccc3C)cc2N2c3nccnc3N(c3cc(C)cc(C)c3)C2C1(C)CC. The van der Waals surface area contributed by atoms with E-state index in [1.165, 1.54) is 50.3 Å². The van der Waals surface area contributed by atoms with Crippen LogP contribution in [0.3, 0.4) is 0 Å². The van der Waals surface area contributed by atoms with Gasteiger partial charge in [0.05, 0.1) is 0 Å². The van der Waals surface area contributed by atoms with Crippen molar-refractivity contribution in [2.24, 2.45) is 5.41 Å². The van der Waals surface area contributed by atoms with Crippen LogP contribution in [-0.2, 0) is 5.41 Å². The van der Waals surface area contributed by atoms with E-state index in [2.05, 4.69) is 120 Å². The molecule has 3 unspecified atom stereocenters. The molecule has 6 rings (SSSR count). The Morgan fingerprint density at radius 3 is 1.95 bits per heavy atom. The molecule has 4 aromatic rings. The van der Waals surface area contributed by atoms with Crippen molar-refractivity contribution in [1.29, 1.82) is 0 Å². The molecule has 0 saturated carbocycles. The molecule has 2 aliphatic heterocycles. The van der Waals surface area contributed by atoms with Crippen LogP contribution in [0.2, 0.25) is 0 Å². The average Bonchev–Trinajstić information content (AvgIpc) is 3.27. The van der Waals surface area contributed by atoms with Gasteiger partial charge in [0.25, 0.3) is 0 Å². The van der Waals surface area contributed by atoms with Crippen LogP contribution < -0.4 is 9.80 Å². The molecular formula is C35H40N4. The van der Waals surface area contributed by atoms with Crippen molar-refractivity contribution in [1.82, 2.24) is 9.97 Å². The van der Waals surface area contributed by atoms with Crippen LogP contribution in [0.25, 0.3) is 11.1 Å². The molecule has 0 aliphatic carbocycles. The molecule has 2 aliphatic rings. The van der Waals surface area contributed by atoms with Crippen LogP contribution in [0.1, 0.15) is 68.4 Å². The van der Waals surface area contributed by atoms with Gasteiger partial charge in [0, 0.05) is 34.6 Å². The maximum Gasteiger partial charge on any atom is 0.178 e. The predicted molar refractivity (Wildman–Crippen MR) is 163 cm³/mol. The molecule has 0 bridgehead atoms. The van der Waals surface area contributed by atoms with Crippen LogP contribution in [0.5, 0.6) is 0 Å². The number of fused-ring (bicyclic) bond motifs is 5. The van der Waals surface area contributed by atoms with Crippen molar-refractivity contribution in [3.8, 4) is 11.1 Å². The highest BCUT2D eigenvalue weighted by Gasteiger charge is 2.61. The first-order valence-corrected chi connectivity index (χ1v) is 14.3. The van der Waals surface area contributed by atoms with Gasteiger partial charge in [-0.2, -0.15) is 0 Å². The van der Waals surface area contributed by atoms with Crippen molar-refractivity contribution in [3.05, 3.63) is 94.8 Å². The van der Waals surface area contributed by atoms with Gasteiger partial charge in [0.1, 0.15) is 6.17 Å². The van der Waals surface area contributed by atoms with Crippen LogP contribution in [0, 0.1) is 33.1 Å². The van der Waals surface area contributed by atoms with E-state index in [0.717, 1.165) is 24.5 Å². The molecule has 3 atom stereocenters. The van der Waals surface area contributed by atoms with Gasteiger partial charge >= 0.3 is 0 Å². The summed E-state index contributed by atoms with van der Waals surface area (Å²) < 4.78 is 0. The van der Waals surface area contributed by atoms with Gasteiger partial charge in [0.2, 0.25) is 0 Å². The van der Waals surface area contributed by atoms with Crippen molar-refractivity contribution in [2.45, 2.75) is 79.8 Å². The summed E-state index contributed by atoms with van der Waals surface area (Å²) in [7, 11) is 0. The smallest absolute Gasteiger partial charge is 0.178 e. The summed E-state index contributed by atoms with van der Waals surface area (Å²) in [6, 6.07) is 20.6. The fourth-order valence-electron chi connectivity index (χ4n) is 7.56. The van der Waals surface area contributed by atoms with E-state index in [0.29, 0.717) is 0 Å². The third kappa shape index (κ3) is 3.50. The number of anilines is 4. The molecule has 200 valence electrons. The van der Waals surface area contributed by atoms with E-state index >= 15 is 0 Å². The Morgan fingerprint density at radius 1 is 0.744 bits per heavy atom. The number of hydrogen-bond acceptors (Lipinski definition) is 4. The van der Waals surface area contributed by atoms with Gasteiger partial charge in [-0.05, 0) is 97.7 Å². The highest BCUT2D eigenvalue weighted by molar-refractivity contribution is 5.89. The zero-order chi connectivity index (χ0) is 27.7. The summed E-state index contributed by atoms with van der Waals surface area (Å²) in [6.07, 6.45) is 5.81. The van der Waals surface area contributed by atoms with Crippen LogP contribution >= 0.6 is 0 Å². The molecule has 39 heavy (non-hydrogen) atoms. The standard InChI is InChI=1S/C35H40N4/c1-9-34(7)28-15-14-26(30-24(5)12-11-13-25(30)6)21-29(28)39-32-31(36-16-17-37-32)38(33(39)35(34,8)10-2)27-19-22(3)18-23(4)20-27/h11-21,33H,9-10H2,1-8H3. The quantitative estimate of drug-likeness (QED) is 0.271. The van der Waals surface area contributed by atoms with E-state index in [4.69, 9.17) is 9.97 Å². The highest BCUT2D eigenvalue weighted by Crippen LogP contribution is 2.64. The molecular weight excluding hydrogens is 476 g/mol. The van der Waals surface area contributed by atoms with E-state index in [-0.39, 0.29) is 17.0 Å². The van der Waals surface area contributed by atoms with Crippen LogP contribution in [0.15, 0.2) is 67.0 Å². The number of benzene rings is 3. The Hall–Kier alpha value is -3.66. The molecule has 3 aromatic carbocycles. The normalized spacial score (nSPS) is 23.4. The van der Waals surface area contributed by atoms with Crippen molar-refractivity contribution >= 4 is 23.0 Å². The van der Waals surface area contributed by atoms with Crippen molar-refractivity contribution < 1.29 is 0 Å². The van der Waals surface area contributed by atoms with E-state index in [9.17, 15) is 0 Å². The number of rotatable bonds is 4. The zero-order valence-corrected chi connectivity index (χ0v) is 24.6. The summed E-state index contributed by atoms with van der Waals surface area (Å²) in [6.45, 7) is 18.5. The van der Waals surface area contributed by atoms with Gasteiger partial charge in [-0.15, -0.1) is 0 Å². The monoisotopic (exact) mass is 516 g/mol. The molecule has 0 N–H and O–H groups in total. The van der Waals surface area contributed by atoms with Crippen LogP contribution in [-0.4, -0.2) is 16.1 Å². The lowest BCUT2D eigenvalue weighted by atomic mass is 9.55. The number of aromatic nitrogens is 2. The summed E-state index contributed by atoms with van der Waals surface area (Å²) in [5.41, 5.74) is 11.4. The van der Waals surface area contributed by atoms with Crippen molar-refractivity contribution in [2.75, 3.05) is 9.80 Å². The number of hydrogen-bond donors (Lipinski definition) is 0. The first kappa shape index (κ1) is 25.6. The molecule has 4 heteroatoms. The van der Waals surface area contributed by atoms with Gasteiger partial charge in [-0.3, -0.25) is 0 Å². The van der Waals surface area contributed by atoms with E-state index in [1.54, 1.807) is 0 Å². The summed E-state index contributed by atoms with van der Waals surface area (Å²) in [5.74, 6) is 1.88. The Bertz CT molecular complexity index is 1550. The number of aryl methyl sites for hydroxylation is 4. The van der Waals surface area contributed by atoms with Gasteiger partial charge in [-0.25, -0.2) is 9.97 Å². The summed E-state index contributed by atoms with van der Waals surface area (Å²) in [4.78, 5) is 15.0. The number of nitrogens with zero attached hydrogens (tertiary/aromatic N) is 4. The van der Waals surface area contributed by atoms with Gasteiger partial charge in [-0.1, -0.05) is 64.1 Å². The third-order valence-electron chi connectivity index (χ3n) is 9.98. The average molecular weight is 517 g/mol. The second kappa shape index (κ2) is 8.94. The summed E-state index contributed by atoms with van der Waals surface area (Å²) in [5, 5.41) is 0.